The molecule has 1 heteroatoms. The summed E-state index contributed by atoms with van der Waals surface area (Å²) in [5.41, 5.74) is 12.4. The first kappa shape index (κ1) is 35.4. The lowest BCUT2D eigenvalue weighted by Gasteiger charge is -2.58. The molecule has 0 aromatic heterocycles. The smallest absolute Gasteiger partial charge is 0.0758 e. The summed E-state index contributed by atoms with van der Waals surface area (Å²) in [6.07, 6.45) is 18.7. The van der Waals surface area contributed by atoms with Gasteiger partial charge in [-0.05, 0) is 165 Å². The highest BCUT2D eigenvalue weighted by atomic mass is 16.3. The Labute approximate surface area is 294 Å². The van der Waals surface area contributed by atoms with E-state index in [0.29, 0.717) is 22.7 Å². The van der Waals surface area contributed by atoms with Crippen molar-refractivity contribution in [3.05, 3.63) is 101 Å². The van der Waals surface area contributed by atoms with Gasteiger partial charge in [0.05, 0.1) is 5.60 Å². The lowest BCUT2D eigenvalue weighted by Crippen LogP contribution is -2.55. The Morgan fingerprint density at radius 2 is 1.44 bits per heavy atom. The first-order chi connectivity index (χ1) is 22.4. The molecule has 0 spiro atoms. The van der Waals surface area contributed by atoms with Crippen molar-refractivity contribution in [3.8, 4) is 0 Å². The van der Waals surface area contributed by atoms with Gasteiger partial charge in [0.1, 0.15) is 0 Å². The molecule has 260 valence electrons. The van der Waals surface area contributed by atoms with E-state index in [9.17, 15) is 5.11 Å². The number of aryl methyl sites for hydroxylation is 4. The zero-order valence-electron chi connectivity index (χ0n) is 30.5. The van der Waals surface area contributed by atoms with Crippen molar-refractivity contribution in [2.45, 2.75) is 138 Å². The van der Waals surface area contributed by atoms with Crippen LogP contribution in [0.1, 0.15) is 139 Å². The summed E-state index contributed by atoms with van der Waals surface area (Å²) in [7, 11) is 0. The number of rotatable bonds is 4. The summed E-state index contributed by atoms with van der Waals surface area (Å²) < 4.78 is 0. The third-order valence-electron chi connectivity index (χ3n) is 15.4. The molecule has 0 heterocycles. The van der Waals surface area contributed by atoms with Gasteiger partial charge in [0.15, 0.2) is 0 Å². The van der Waals surface area contributed by atoms with E-state index in [1.165, 1.54) is 80.0 Å². The molecule has 8 rings (SSSR count). The summed E-state index contributed by atoms with van der Waals surface area (Å²) >= 11 is 0. The molecule has 48 heavy (non-hydrogen) atoms. The van der Waals surface area contributed by atoms with E-state index < -0.39 is 5.60 Å². The second-order valence-electron chi connectivity index (χ2n) is 17.8. The first-order valence-corrected chi connectivity index (χ1v) is 19.3. The van der Waals surface area contributed by atoms with Crippen LogP contribution in [0.25, 0.3) is 5.57 Å². The van der Waals surface area contributed by atoms with E-state index >= 15 is 0 Å². The predicted molar refractivity (Wildman–Crippen MR) is 206 cm³/mol. The molecule has 3 saturated carbocycles. The second kappa shape index (κ2) is 13.1. The minimum atomic E-state index is -0.624. The molecule has 0 amide bonds. The van der Waals surface area contributed by atoms with Crippen molar-refractivity contribution in [2.75, 3.05) is 0 Å². The molecule has 0 aliphatic heterocycles. The van der Waals surface area contributed by atoms with E-state index in [1.54, 1.807) is 22.3 Å². The average molecular weight is 647 g/mol. The van der Waals surface area contributed by atoms with Gasteiger partial charge in [0, 0.05) is 5.92 Å². The number of hydrogen-bond acceptors (Lipinski definition) is 1. The Morgan fingerprint density at radius 1 is 0.792 bits per heavy atom. The van der Waals surface area contributed by atoms with Gasteiger partial charge in [-0.2, -0.15) is 0 Å². The quantitative estimate of drug-likeness (QED) is 0.328. The highest BCUT2D eigenvalue weighted by molar-refractivity contribution is 5.76. The summed E-state index contributed by atoms with van der Waals surface area (Å²) in [6, 6.07) is 14.1. The Hall–Kier alpha value is -2.38. The van der Waals surface area contributed by atoms with Crippen molar-refractivity contribution in [3.63, 3.8) is 0 Å². The van der Waals surface area contributed by atoms with Gasteiger partial charge in [-0.15, -0.1) is 13.2 Å². The highest BCUT2D eigenvalue weighted by Crippen LogP contribution is 2.66. The lowest BCUT2D eigenvalue weighted by molar-refractivity contribution is -0.122. The van der Waals surface area contributed by atoms with Crippen molar-refractivity contribution >= 4 is 5.57 Å². The minimum Gasteiger partial charge on any atom is -0.389 e. The zero-order valence-corrected chi connectivity index (χ0v) is 30.5. The van der Waals surface area contributed by atoms with E-state index in [2.05, 4.69) is 97.2 Å². The molecule has 0 saturated heterocycles. The minimum absolute atomic E-state index is 0. The van der Waals surface area contributed by atoms with Crippen LogP contribution in [0.3, 0.4) is 0 Å². The standard InChI is InChI=1S/C23H32O.C23H30.CH4/c1-5-12-23(24)14-22(4)16(3)7-11-20(22)19-10-8-17-13-15(2)6-9-18(17)21(19)23;1-5-6-18-14-23(4)16(3)8-12-21(23)20-11-9-17-13-15(2)7-10-19(17)22(18)20;/h5-6,9,13,16,19-21,24H,1,7-8,10-12,14H2,2-4H3;5,7,10,13,16,20-21H,1,6,8-9,11-12,14H2,2-4H3;1H4/t16-,19?,20?,21?,22+,23-;16-,20?,21?,23+;/m00./s1. The number of allylic oxidation sites excluding steroid dienone is 3. The molecule has 0 bridgehead atoms. The zero-order chi connectivity index (χ0) is 33.3. The van der Waals surface area contributed by atoms with Crippen LogP contribution in [-0.2, 0) is 12.8 Å². The average Bonchev–Trinajstić information content (AvgIpc) is 3.50. The van der Waals surface area contributed by atoms with Crippen LogP contribution in [0.15, 0.2) is 67.3 Å². The molecule has 1 N–H and O–H groups in total. The maximum absolute atomic E-state index is 11.8. The van der Waals surface area contributed by atoms with Gasteiger partial charge in [-0.25, -0.2) is 0 Å². The third kappa shape index (κ3) is 5.54. The Morgan fingerprint density at radius 3 is 2.15 bits per heavy atom. The van der Waals surface area contributed by atoms with Crippen LogP contribution in [0.5, 0.6) is 0 Å². The van der Waals surface area contributed by atoms with Gasteiger partial charge in [0.2, 0.25) is 0 Å². The molecule has 6 aliphatic rings. The molecule has 1 nitrogen and oxygen atoms in total. The highest BCUT2D eigenvalue weighted by Gasteiger charge is 2.61. The molecule has 6 aliphatic carbocycles. The fourth-order valence-corrected chi connectivity index (χ4v) is 12.8. The van der Waals surface area contributed by atoms with Crippen LogP contribution in [-0.4, -0.2) is 10.7 Å². The lowest BCUT2D eigenvalue weighted by atomic mass is 9.49. The molecular formula is C47H66O. The van der Waals surface area contributed by atoms with Crippen LogP contribution in [0.4, 0.5) is 0 Å². The SMILES string of the molecule is C.C=CCC1=C2c3ccc(C)cc3CCC2C2CC[C@H](C)[C@@]2(C)C1.C=CC[C@]1(O)C[C@@]2(C)C(CC[C@@H]2C)C2CCc3cc(C)ccc3C21. The van der Waals surface area contributed by atoms with Crippen LogP contribution in [0.2, 0.25) is 0 Å². The maximum Gasteiger partial charge on any atom is 0.0758 e. The molecule has 5 unspecified atom stereocenters. The summed E-state index contributed by atoms with van der Waals surface area (Å²) in [5, 5.41) is 11.8. The molecule has 0 radical (unpaired) electrons. The normalized spacial score (nSPS) is 38.9. The van der Waals surface area contributed by atoms with Gasteiger partial charge in [-0.1, -0.05) is 100 Å². The van der Waals surface area contributed by atoms with E-state index in [-0.39, 0.29) is 7.43 Å². The Kier molecular flexibility index (Phi) is 9.65. The topological polar surface area (TPSA) is 20.2 Å². The third-order valence-corrected chi connectivity index (χ3v) is 15.4. The first-order valence-electron chi connectivity index (χ1n) is 19.3. The molecule has 10 atom stereocenters. The number of hydrogen-bond donors (Lipinski definition) is 1. The van der Waals surface area contributed by atoms with Gasteiger partial charge < -0.3 is 5.11 Å². The number of aliphatic hydroxyl groups is 1. The predicted octanol–water partition coefficient (Wildman–Crippen LogP) is 12.4. The van der Waals surface area contributed by atoms with Crippen molar-refractivity contribution in [2.24, 2.45) is 46.3 Å². The van der Waals surface area contributed by atoms with Crippen LogP contribution in [0, 0.1) is 60.2 Å². The van der Waals surface area contributed by atoms with Gasteiger partial charge >= 0.3 is 0 Å². The van der Waals surface area contributed by atoms with Crippen LogP contribution >= 0.6 is 0 Å². The van der Waals surface area contributed by atoms with Gasteiger partial charge in [-0.3, -0.25) is 0 Å². The monoisotopic (exact) mass is 647 g/mol. The summed E-state index contributed by atoms with van der Waals surface area (Å²) in [4.78, 5) is 0. The largest absolute Gasteiger partial charge is 0.389 e. The van der Waals surface area contributed by atoms with Crippen LogP contribution < -0.4 is 0 Å². The number of benzene rings is 2. The molecular weight excluding hydrogens is 581 g/mol. The Balaban J connectivity index is 0.000000164. The molecule has 2 aromatic rings. The van der Waals surface area contributed by atoms with E-state index in [0.717, 1.165) is 48.9 Å². The Bertz CT molecular complexity index is 1580. The maximum atomic E-state index is 11.8. The molecule has 3 fully saturated rings. The van der Waals surface area contributed by atoms with Crippen molar-refractivity contribution in [1.82, 2.24) is 0 Å². The van der Waals surface area contributed by atoms with Crippen molar-refractivity contribution < 1.29 is 5.11 Å². The fraction of sp³-hybridized carbons (Fsp3) is 0.617. The van der Waals surface area contributed by atoms with Gasteiger partial charge in [0.25, 0.3) is 0 Å². The fourth-order valence-electron chi connectivity index (χ4n) is 12.8. The van der Waals surface area contributed by atoms with Crippen molar-refractivity contribution in [1.29, 1.82) is 0 Å². The summed E-state index contributed by atoms with van der Waals surface area (Å²) in [6.45, 7) is 22.4. The second-order valence-corrected chi connectivity index (χ2v) is 17.8. The van der Waals surface area contributed by atoms with E-state index in [4.69, 9.17) is 0 Å². The molecule has 2 aromatic carbocycles. The summed E-state index contributed by atoms with van der Waals surface area (Å²) in [5.74, 6) is 4.99. The van der Waals surface area contributed by atoms with E-state index in [1.807, 2.05) is 6.08 Å². The number of fused-ring (bicyclic) bond motifs is 10.